The highest BCUT2D eigenvalue weighted by Gasteiger charge is 2.22. The van der Waals surface area contributed by atoms with Crippen LogP contribution in [0.3, 0.4) is 0 Å². The Hall–Kier alpha value is -2.79. The number of furan rings is 1. The van der Waals surface area contributed by atoms with Crippen LogP contribution in [0, 0.1) is 6.92 Å². The molecule has 0 spiro atoms. The van der Waals surface area contributed by atoms with Gasteiger partial charge in [0.25, 0.3) is 0 Å². The first kappa shape index (κ1) is 19.5. The first-order valence-electron chi connectivity index (χ1n) is 10.2. The largest absolute Gasteiger partial charge is 0.497 e. The van der Waals surface area contributed by atoms with Crippen LogP contribution >= 0.6 is 0 Å². The third-order valence-corrected chi connectivity index (χ3v) is 5.75. The van der Waals surface area contributed by atoms with Crippen LogP contribution in [-0.2, 0) is 17.6 Å². The first-order chi connectivity index (χ1) is 14.1. The van der Waals surface area contributed by atoms with Crippen LogP contribution in [0.15, 0.2) is 53.1 Å². The van der Waals surface area contributed by atoms with E-state index in [4.69, 9.17) is 9.15 Å². The Morgan fingerprint density at radius 1 is 1.07 bits per heavy atom. The van der Waals surface area contributed by atoms with Crippen LogP contribution in [0.2, 0.25) is 0 Å². The van der Waals surface area contributed by atoms with Crippen LogP contribution in [-0.4, -0.2) is 55.5 Å². The van der Waals surface area contributed by atoms with Crippen molar-refractivity contribution < 1.29 is 13.9 Å². The van der Waals surface area contributed by atoms with E-state index in [1.807, 2.05) is 36.1 Å². The van der Waals surface area contributed by atoms with Crippen LogP contribution in [0.1, 0.15) is 16.7 Å². The second kappa shape index (κ2) is 8.70. The number of piperazine rings is 1. The van der Waals surface area contributed by atoms with Gasteiger partial charge in [0.1, 0.15) is 11.3 Å². The van der Waals surface area contributed by atoms with Crippen LogP contribution in [0.25, 0.3) is 11.0 Å². The number of ether oxygens (including phenoxy) is 1. The van der Waals surface area contributed by atoms with E-state index in [1.54, 1.807) is 13.4 Å². The summed E-state index contributed by atoms with van der Waals surface area (Å²) in [5.74, 6) is 1.07. The number of amides is 1. The van der Waals surface area contributed by atoms with E-state index in [1.165, 1.54) is 5.56 Å². The molecule has 0 aliphatic carbocycles. The lowest BCUT2D eigenvalue weighted by molar-refractivity contribution is -0.132. The summed E-state index contributed by atoms with van der Waals surface area (Å²) in [7, 11) is 1.69. The molecule has 4 rings (SSSR count). The zero-order valence-electron chi connectivity index (χ0n) is 17.2. The minimum Gasteiger partial charge on any atom is -0.497 e. The first-order valence-corrected chi connectivity index (χ1v) is 10.2. The second-order valence-corrected chi connectivity index (χ2v) is 7.76. The highest BCUT2D eigenvalue weighted by atomic mass is 16.5. The van der Waals surface area contributed by atoms with Gasteiger partial charge in [0.15, 0.2) is 0 Å². The molecule has 3 aromatic rings. The van der Waals surface area contributed by atoms with Crippen molar-refractivity contribution in [3.8, 4) is 5.75 Å². The normalized spacial score (nSPS) is 15.0. The van der Waals surface area contributed by atoms with Crippen molar-refractivity contribution in [1.82, 2.24) is 9.80 Å². The molecule has 0 unspecified atom stereocenters. The Morgan fingerprint density at radius 3 is 2.55 bits per heavy atom. The lowest BCUT2D eigenvalue weighted by Gasteiger charge is -2.34. The minimum atomic E-state index is 0.183. The van der Waals surface area contributed by atoms with Gasteiger partial charge < -0.3 is 14.1 Å². The van der Waals surface area contributed by atoms with E-state index < -0.39 is 0 Å². The number of fused-ring (bicyclic) bond motifs is 1. The smallest absolute Gasteiger partial charge is 0.227 e. The van der Waals surface area contributed by atoms with Crippen molar-refractivity contribution in [1.29, 1.82) is 0 Å². The summed E-state index contributed by atoms with van der Waals surface area (Å²) in [6.07, 6.45) is 3.15. The highest BCUT2D eigenvalue weighted by molar-refractivity contribution is 5.88. The molecule has 2 aromatic carbocycles. The molecule has 1 amide bonds. The third-order valence-electron chi connectivity index (χ3n) is 5.75. The zero-order valence-corrected chi connectivity index (χ0v) is 17.2. The Kier molecular flexibility index (Phi) is 5.86. The van der Waals surface area contributed by atoms with E-state index in [0.717, 1.165) is 67.0 Å². The Morgan fingerprint density at radius 2 is 1.83 bits per heavy atom. The van der Waals surface area contributed by atoms with Gasteiger partial charge in [-0.25, -0.2) is 0 Å². The number of methoxy groups -OCH3 is 1. The van der Waals surface area contributed by atoms with Crippen molar-refractivity contribution in [3.05, 3.63) is 65.4 Å². The molecule has 152 valence electrons. The van der Waals surface area contributed by atoms with Gasteiger partial charge in [-0.1, -0.05) is 24.3 Å². The van der Waals surface area contributed by atoms with Gasteiger partial charge in [-0.05, 0) is 42.7 Å². The lowest BCUT2D eigenvalue weighted by Crippen LogP contribution is -2.49. The number of carbonyl (C=O) groups excluding carboxylic acids is 1. The van der Waals surface area contributed by atoms with Crippen LogP contribution in [0.5, 0.6) is 5.75 Å². The number of nitrogens with zero attached hydrogens (tertiary/aromatic N) is 2. The fourth-order valence-electron chi connectivity index (χ4n) is 3.90. The fraction of sp³-hybridized carbons (Fsp3) is 0.375. The van der Waals surface area contributed by atoms with Gasteiger partial charge in [0.2, 0.25) is 5.91 Å². The lowest BCUT2D eigenvalue weighted by atomic mass is 10.1. The van der Waals surface area contributed by atoms with Crippen molar-refractivity contribution in [2.24, 2.45) is 0 Å². The van der Waals surface area contributed by atoms with Gasteiger partial charge in [-0.15, -0.1) is 0 Å². The third kappa shape index (κ3) is 4.62. The van der Waals surface area contributed by atoms with Crippen LogP contribution in [0.4, 0.5) is 0 Å². The monoisotopic (exact) mass is 392 g/mol. The molecule has 1 aromatic heterocycles. The van der Waals surface area contributed by atoms with Crippen molar-refractivity contribution in [2.45, 2.75) is 19.8 Å². The molecule has 0 saturated carbocycles. The predicted octanol–water partition coefficient (Wildman–Crippen LogP) is 3.68. The number of hydrogen-bond donors (Lipinski definition) is 0. The SMILES string of the molecule is COc1ccc(CCN2CCN(C(=O)Cc3coc4cc(C)ccc34)CC2)cc1. The topological polar surface area (TPSA) is 45.9 Å². The molecule has 1 aliphatic heterocycles. The van der Waals surface area contributed by atoms with Gasteiger partial charge in [0, 0.05) is 43.7 Å². The summed E-state index contributed by atoms with van der Waals surface area (Å²) >= 11 is 0. The molecule has 0 bridgehead atoms. The Bertz CT molecular complexity index is 969. The van der Waals surface area contributed by atoms with E-state index in [0.29, 0.717) is 6.42 Å². The van der Waals surface area contributed by atoms with Gasteiger partial charge in [-0.3, -0.25) is 9.69 Å². The molecular weight excluding hydrogens is 364 g/mol. The number of carbonyl (C=O) groups is 1. The summed E-state index contributed by atoms with van der Waals surface area (Å²) in [4.78, 5) is 17.2. The molecule has 2 heterocycles. The molecule has 1 saturated heterocycles. The number of hydrogen-bond acceptors (Lipinski definition) is 4. The Labute approximate surface area is 171 Å². The number of benzene rings is 2. The maximum atomic E-state index is 12.8. The quantitative estimate of drug-likeness (QED) is 0.642. The maximum absolute atomic E-state index is 12.8. The van der Waals surface area contributed by atoms with Gasteiger partial charge in [-0.2, -0.15) is 0 Å². The molecule has 0 radical (unpaired) electrons. The molecule has 5 nitrogen and oxygen atoms in total. The van der Waals surface area contributed by atoms with Crippen molar-refractivity contribution in [3.63, 3.8) is 0 Å². The molecule has 0 atom stereocenters. The fourth-order valence-corrected chi connectivity index (χ4v) is 3.90. The molecule has 1 aliphatic rings. The van der Waals surface area contributed by atoms with Crippen molar-refractivity contribution >= 4 is 16.9 Å². The Balaban J connectivity index is 1.26. The number of rotatable bonds is 6. The van der Waals surface area contributed by atoms with Crippen LogP contribution < -0.4 is 4.74 Å². The summed E-state index contributed by atoms with van der Waals surface area (Å²) in [6.45, 7) is 6.48. The summed E-state index contributed by atoms with van der Waals surface area (Å²) < 4.78 is 10.8. The molecule has 0 N–H and O–H groups in total. The zero-order chi connectivity index (χ0) is 20.2. The average Bonchev–Trinajstić information content (AvgIpc) is 3.14. The average molecular weight is 392 g/mol. The maximum Gasteiger partial charge on any atom is 0.227 e. The van der Waals surface area contributed by atoms with E-state index >= 15 is 0 Å². The van der Waals surface area contributed by atoms with E-state index in [-0.39, 0.29) is 5.91 Å². The minimum absolute atomic E-state index is 0.183. The number of aryl methyl sites for hydroxylation is 1. The van der Waals surface area contributed by atoms with Crippen molar-refractivity contribution in [2.75, 3.05) is 39.8 Å². The second-order valence-electron chi connectivity index (χ2n) is 7.76. The molecular formula is C24H28N2O3. The summed E-state index contributed by atoms with van der Waals surface area (Å²) in [5.41, 5.74) is 4.31. The highest BCUT2D eigenvalue weighted by Crippen LogP contribution is 2.23. The summed E-state index contributed by atoms with van der Waals surface area (Å²) in [5, 5.41) is 1.04. The molecule has 29 heavy (non-hydrogen) atoms. The van der Waals surface area contributed by atoms with Gasteiger partial charge in [0.05, 0.1) is 19.8 Å². The van der Waals surface area contributed by atoms with E-state index in [2.05, 4.69) is 23.1 Å². The molecule has 5 heteroatoms. The molecule has 1 fully saturated rings. The van der Waals surface area contributed by atoms with E-state index in [9.17, 15) is 4.79 Å². The summed E-state index contributed by atoms with van der Waals surface area (Å²) in [6, 6.07) is 14.4. The van der Waals surface area contributed by atoms with Gasteiger partial charge >= 0.3 is 0 Å². The predicted molar refractivity (Wildman–Crippen MR) is 114 cm³/mol. The standard InChI is InChI=1S/C24H28N2O3/c1-18-3-8-22-20(17-29-23(22)15-18)16-24(27)26-13-11-25(12-14-26)10-9-19-4-6-21(28-2)7-5-19/h3-8,15,17H,9-14,16H2,1-2H3.